The molecule has 17 nitrogen and oxygen atoms in total. The summed E-state index contributed by atoms with van der Waals surface area (Å²) in [6.45, 7) is 9.61. The van der Waals surface area contributed by atoms with E-state index in [4.69, 9.17) is 23.7 Å². The summed E-state index contributed by atoms with van der Waals surface area (Å²) in [6.07, 6.45) is 2.69. The van der Waals surface area contributed by atoms with Crippen molar-refractivity contribution in [1.82, 2.24) is 20.9 Å². The van der Waals surface area contributed by atoms with Gasteiger partial charge in [-0.2, -0.15) is 0 Å². The van der Waals surface area contributed by atoms with Crippen molar-refractivity contribution in [3.63, 3.8) is 0 Å². The molecule has 53 heavy (non-hydrogen) atoms. The molecular weight excluding hydrogens is 694 g/mol. The number of carbonyl (C=O) groups excluding carboxylic acids is 7. The van der Waals surface area contributed by atoms with E-state index in [1.54, 1.807) is 52.0 Å². The Balaban J connectivity index is -0.00000729. The van der Waals surface area contributed by atoms with Gasteiger partial charge in [-0.1, -0.05) is 32.9 Å². The van der Waals surface area contributed by atoms with E-state index >= 15 is 0 Å². The summed E-state index contributed by atoms with van der Waals surface area (Å²) < 4.78 is 26.8. The van der Waals surface area contributed by atoms with Crippen LogP contribution in [0.5, 0.6) is 0 Å². The van der Waals surface area contributed by atoms with E-state index in [2.05, 4.69) is 21.3 Å². The lowest BCUT2D eigenvalue weighted by atomic mass is 10.0. The van der Waals surface area contributed by atoms with Gasteiger partial charge in [-0.25, -0.2) is 0 Å². The summed E-state index contributed by atoms with van der Waals surface area (Å²) in [6, 6.07) is 5.07. The molecule has 1 aromatic rings. The fraction of sp³-hybridized carbons (Fsp3) is 0.583. The SMILES string of the molecule is CCC(=O)OCc1ccc(NC(=O)[C@H](C)NC(=O)[C@@H](NC(=O)CCOCCOCCOCCOCCNC(=O)CCN2C(=O)C=CC2=O)C(C)C)cc1.[HH].[HH].[HH].[HH]. The van der Waals surface area contributed by atoms with Gasteiger partial charge in [-0.3, -0.25) is 38.5 Å². The number of ether oxygens (including phenoxy) is 5. The van der Waals surface area contributed by atoms with E-state index in [0.717, 1.165) is 10.5 Å². The first-order valence-electron chi connectivity index (χ1n) is 17.7. The predicted molar refractivity (Wildman–Crippen MR) is 199 cm³/mol. The van der Waals surface area contributed by atoms with Crippen LogP contribution in [0, 0.1) is 5.92 Å². The Morgan fingerprint density at radius 2 is 1.28 bits per heavy atom. The Morgan fingerprint density at radius 3 is 1.85 bits per heavy atom. The first-order valence-corrected chi connectivity index (χ1v) is 17.7. The lowest BCUT2D eigenvalue weighted by molar-refractivity contribution is -0.144. The van der Waals surface area contributed by atoms with Gasteiger partial charge in [0.05, 0.1) is 52.9 Å². The molecule has 0 spiro atoms. The monoisotopic (exact) mass is 755 g/mol. The fourth-order valence-electron chi connectivity index (χ4n) is 4.49. The maximum absolute atomic E-state index is 12.9. The van der Waals surface area contributed by atoms with Crippen LogP contribution in [-0.4, -0.2) is 124 Å². The van der Waals surface area contributed by atoms with E-state index in [-0.39, 0.29) is 88.2 Å². The Hall–Kier alpha value is -4.71. The van der Waals surface area contributed by atoms with Crippen molar-refractivity contribution >= 4 is 47.1 Å². The van der Waals surface area contributed by atoms with Gasteiger partial charge in [0, 0.05) is 55.9 Å². The van der Waals surface area contributed by atoms with Crippen LogP contribution in [0.2, 0.25) is 0 Å². The first kappa shape index (κ1) is 44.5. The molecule has 1 aliphatic rings. The number of carbonyl (C=O) groups is 7. The molecule has 302 valence electrons. The quantitative estimate of drug-likeness (QED) is 0.0572. The van der Waals surface area contributed by atoms with Crippen LogP contribution >= 0.6 is 0 Å². The molecule has 0 radical (unpaired) electrons. The molecule has 0 aliphatic carbocycles. The van der Waals surface area contributed by atoms with Gasteiger partial charge in [-0.15, -0.1) is 0 Å². The Morgan fingerprint density at radius 1 is 0.717 bits per heavy atom. The molecule has 0 aromatic heterocycles. The zero-order valence-corrected chi connectivity index (χ0v) is 30.9. The van der Waals surface area contributed by atoms with Crippen molar-refractivity contribution in [2.24, 2.45) is 5.92 Å². The Bertz CT molecular complexity index is 1390. The molecule has 6 amide bonds. The van der Waals surface area contributed by atoms with Crippen molar-refractivity contribution in [2.45, 2.75) is 65.6 Å². The van der Waals surface area contributed by atoms with Crippen LogP contribution in [0.3, 0.4) is 0 Å². The highest BCUT2D eigenvalue weighted by Gasteiger charge is 2.27. The van der Waals surface area contributed by atoms with Crippen LogP contribution in [0.25, 0.3) is 0 Å². The summed E-state index contributed by atoms with van der Waals surface area (Å²) in [5.74, 6) is -2.96. The van der Waals surface area contributed by atoms with Crippen LogP contribution in [0.1, 0.15) is 58.2 Å². The number of esters is 1. The number of nitrogens with zero attached hydrogens (tertiary/aromatic N) is 1. The topological polar surface area (TPSA) is 217 Å². The summed E-state index contributed by atoms with van der Waals surface area (Å²) >= 11 is 0. The molecule has 0 unspecified atom stereocenters. The zero-order chi connectivity index (χ0) is 39.0. The molecule has 2 rings (SSSR count). The molecule has 4 N–H and O–H groups in total. The number of nitrogens with one attached hydrogen (secondary N) is 4. The number of anilines is 1. The highest BCUT2D eigenvalue weighted by atomic mass is 16.6. The number of rotatable bonds is 27. The maximum Gasteiger partial charge on any atom is 0.305 e. The van der Waals surface area contributed by atoms with Crippen molar-refractivity contribution in [3.8, 4) is 0 Å². The molecule has 0 fully saturated rings. The van der Waals surface area contributed by atoms with Gasteiger partial charge in [-0.05, 0) is 30.5 Å². The third-order valence-electron chi connectivity index (χ3n) is 7.55. The van der Waals surface area contributed by atoms with Gasteiger partial charge >= 0.3 is 5.97 Å². The molecule has 1 aromatic carbocycles. The maximum atomic E-state index is 12.9. The summed E-state index contributed by atoms with van der Waals surface area (Å²) in [4.78, 5) is 85.2. The molecule has 1 aliphatic heterocycles. The third-order valence-corrected chi connectivity index (χ3v) is 7.55. The van der Waals surface area contributed by atoms with E-state index in [0.29, 0.717) is 38.7 Å². The normalized spacial score (nSPS) is 13.5. The summed E-state index contributed by atoms with van der Waals surface area (Å²) in [5, 5.41) is 10.7. The number of hydrogen-bond donors (Lipinski definition) is 4. The minimum Gasteiger partial charge on any atom is -0.461 e. The van der Waals surface area contributed by atoms with Gasteiger partial charge in [0.1, 0.15) is 18.7 Å². The van der Waals surface area contributed by atoms with Crippen molar-refractivity contribution in [2.75, 3.05) is 71.3 Å². The van der Waals surface area contributed by atoms with Crippen LogP contribution in [0.15, 0.2) is 36.4 Å². The van der Waals surface area contributed by atoms with Crippen LogP contribution < -0.4 is 21.3 Å². The average Bonchev–Trinajstić information content (AvgIpc) is 3.46. The lowest BCUT2D eigenvalue weighted by Crippen LogP contribution is -2.53. The van der Waals surface area contributed by atoms with Gasteiger partial charge in [0.15, 0.2) is 0 Å². The Kier molecular flexibility index (Phi) is 21.2. The van der Waals surface area contributed by atoms with E-state index in [1.807, 2.05) is 0 Å². The molecular formula is C36H61N5O12. The van der Waals surface area contributed by atoms with Crippen LogP contribution in [0.4, 0.5) is 5.69 Å². The van der Waals surface area contributed by atoms with E-state index in [9.17, 15) is 33.6 Å². The second kappa shape index (κ2) is 25.3. The lowest BCUT2D eigenvalue weighted by Gasteiger charge is -2.24. The standard InChI is InChI=1S/C36H53N5O12.4H2/c1-5-33(46)53-24-27-6-8-28(9-7-27)39-35(47)26(4)38-36(48)34(25(2)3)40-30(43)13-16-49-18-20-51-22-23-52-21-19-50-17-14-37-29(42)12-15-41-31(44)10-11-32(41)45;;;;/h6-11,25-26,34H,5,12-24H2,1-4H3,(H,37,42)(H,38,48)(H,39,47)(H,40,43);4*1H/t26-,34-;;;;/m0..../s1. The predicted octanol–water partition coefficient (Wildman–Crippen LogP) is 1.60. The molecule has 0 saturated heterocycles. The zero-order valence-electron chi connectivity index (χ0n) is 30.9. The highest BCUT2D eigenvalue weighted by molar-refractivity contribution is 6.13. The Labute approximate surface area is 315 Å². The minimum absolute atomic E-state index is 0. The van der Waals surface area contributed by atoms with Gasteiger partial charge in [0.2, 0.25) is 23.6 Å². The van der Waals surface area contributed by atoms with Gasteiger partial charge < -0.3 is 45.0 Å². The van der Waals surface area contributed by atoms with Crippen molar-refractivity contribution in [1.29, 1.82) is 0 Å². The second-order valence-electron chi connectivity index (χ2n) is 12.2. The van der Waals surface area contributed by atoms with Gasteiger partial charge in [0.25, 0.3) is 11.8 Å². The van der Waals surface area contributed by atoms with E-state index < -0.39 is 35.7 Å². The second-order valence-corrected chi connectivity index (χ2v) is 12.2. The smallest absolute Gasteiger partial charge is 0.305 e. The van der Waals surface area contributed by atoms with Crippen molar-refractivity contribution in [3.05, 3.63) is 42.0 Å². The number of hydrogen-bond acceptors (Lipinski definition) is 12. The molecule has 2 atom stereocenters. The first-order chi connectivity index (χ1) is 25.4. The third kappa shape index (κ3) is 18.6. The van der Waals surface area contributed by atoms with Crippen LogP contribution in [-0.2, 0) is 63.9 Å². The van der Waals surface area contributed by atoms with E-state index in [1.165, 1.54) is 12.2 Å². The minimum atomic E-state index is -0.876. The molecule has 0 bridgehead atoms. The molecule has 0 saturated carbocycles. The highest BCUT2D eigenvalue weighted by Crippen LogP contribution is 2.12. The number of benzene rings is 1. The number of amides is 6. The largest absolute Gasteiger partial charge is 0.461 e. The molecule has 1 heterocycles. The fourth-order valence-corrected chi connectivity index (χ4v) is 4.49. The summed E-state index contributed by atoms with van der Waals surface area (Å²) in [7, 11) is 0. The summed E-state index contributed by atoms with van der Waals surface area (Å²) in [5.41, 5.74) is 1.28. The molecule has 17 heteroatoms. The number of imide groups is 1. The average molecular weight is 756 g/mol. The van der Waals surface area contributed by atoms with Crippen molar-refractivity contribution < 1.29 is 63.0 Å².